The third-order valence-corrected chi connectivity index (χ3v) is 3.00. The second-order valence-corrected chi connectivity index (χ2v) is 4.31. The minimum absolute atomic E-state index is 0.408. The normalized spacial score (nSPS) is 9.62. The number of hydrogen-bond acceptors (Lipinski definition) is 3. The molecule has 0 spiro atoms. The molecule has 1 aromatic carbocycles. The van der Waals surface area contributed by atoms with Gasteiger partial charge in [-0.05, 0) is 11.6 Å². The maximum atomic E-state index is 5.37. The first-order valence-electron chi connectivity index (χ1n) is 5.22. The van der Waals surface area contributed by atoms with Crippen LogP contribution in [-0.2, 0) is 10.5 Å². The summed E-state index contributed by atoms with van der Waals surface area (Å²) >= 11 is 1.85. The highest BCUT2D eigenvalue weighted by atomic mass is 32.2. The summed E-state index contributed by atoms with van der Waals surface area (Å²) in [4.78, 5) is 0. The highest BCUT2D eigenvalue weighted by Gasteiger charge is 1.98. The van der Waals surface area contributed by atoms with E-state index < -0.39 is 0 Å². The van der Waals surface area contributed by atoms with Crippen LogP contribution in [-0.4, -0.2) is 26.0 Å². The molecule has 0 heterocycles. The van der Waals surface area contributed by atoms with Gasteiger partial charge in [0.15, 0.2) is 0 Å². The first-order chi connectivity index (χ1) is 7.88. The molecule has 1 rings (SSSR count). The summed E-state index contributed by atoms with van der Waals surface area (Å²) in [6.07, 6.45) is 0. The lowest BCUT2D eigenvalue weighted by molar-refractivity contribution is 0.218. The smallest absolute Gasteiger partial charge is 0.0555 e. The van der Waals surface area contributed by atoms with Crippen molar-refractivity contribution in [2.45, 2.75) is 5.75 Å². The average molecular weight is 235 g/mol. The maximum Gasteiger partial charge on any atom is 0.0555 e. The summed E-state index contributed by atoms with van der Waals surface area (Å²) in [6, 6.07) is 8.19. The molecular weight excluding hydrogens is 218 g/mol. The highest BCUT2D eigenvalue weighted by molar-refractivity contribution is 7.98. The number of hydrogen-bond donors (Lipinski definition) is 1. The molecule has 2 N–H and O–H groups in total. The molecule has 1 aromatic rings. The molecule has 0 aliphatic heterocycles. The van der Waals surface area contributed by atoms with Crippen LogP contribution in [0, 0.1) is 11.8 Å². The minimum atomic E-state index is 0.408. The molecule has 3 heteroatoms. The molecule has 0 fully saturated rings. The van der Waals surface area contributed by atoms with Gasteiger partial charge in [0.2, 0.25) is 0 Å². The Bertz CT molecular complexity index is 368. The van der Waals surface area contributed by atoms with Crippen LogP contribution < -0.4 is 5.73 Å². The molecule has 16 heavy (non-hydrogen) atoms. The van der Waals surface area contributed by atoms with Crippen molar-refractivity contribution in [2.24, 2.45) is 5.73 Å². The molecule has 0 amide bonds. The molecular formula is C13H17NOS. The van der Waals surface area contributed by atoms with Gasteiger partial charge in [0.05, 0.1) is 13.2 Å². The standard InChI is InChI=1S/C13H17NOS/c1-15-9-10-16-11-13-6-3-2-5-12(13)7-4-8-14/h2-3,5-6H,8-11,14H2,1H3. The zero-order valence-electron chi connectivity index (χ0n) is 9.53. The monoisotopic (exact) mass is 235 g/mol. The Morgan fingerprint density at radius 1 is 1.38 bits per heavy atom. The van der Waals surface area contributed by atoms with E-state index in [4.69, 9.17) is 10.5 Å². The van der Waals surface area contributed by atoms with Crippen molar-refractivity contribution in [1.29, 1.82) is 0 Å². The van der Waals surface area contributed by atoms with Gasteiger partial charge < -0.3 is 10.5 Å². The van der Waals surface area contributed by atoms with Crippen LogP contribution in [0.4, 0.5) is 0 Å². The zero-order valence-corrected chi connectivity index (χ0v) is 10.3. The Morgan fingerprint density at radius 2 is 2.19 bits per heavy atom. The van der Waals surface area contributed by atoms with Gasteiger partial charge in [-0.15, -0.1) is 0 Å². The van der Waals surface area contributed by atoms with Crippen LogP contribution in [0.1, 0.15) is 11.1 Å². The molecule has 0 aliphatic rings. The Labute approximate surface area is 102 Å². The Kier molecular flexibility index (Phi) is 6.75. The zero-order chi connectivity index (χ0) is 11.6. The van der Waals surface area contributed by atoms with Crippen LogP contribution in [0.25, 0.3) is 0 Å². The summed E-state index contributed by atoms with van der Waals surface area (Å²) in [5.41, 5.74) is 7.72. The highest BCUT2D eigenvalue weighted by Crippen LogP contribution is 2.15. The van der Waals surface area contributed by atoms with Crippen molar-refractivity contribution in [3.63, 3.8) is 0 Å². The van der Waals surface area contributed by atoms with Crippen molar-refractivity contribution in [3.05, 3.63) is 35.4 Å². The van der Waals surface area contributed by atoms with E-state index in [9.17, 15) is 0 Å². The molecule has 0 radical (unpaired) electrons. The summed E-state index contributed by atoms with van der Waals surface area (Å²) in [7, 11) is 1.72. The first kappa shape index (κ1) is 13.1. The number of ether oxygens (including phenoxy) is 1. The van der Waals surface area contributed by atoms with E-state index in [0.717, 1.165) is 23.7 Å². The Balaban J connectivity index is 2.57. The van der Waals surface area contributed by atoms with E-state index >= 15 is 0 Å². The fourth-order valence-electron chi connectivity index (χ4n) is 1.24. The van der Waals surface area contributed by atoms with Gasteiger partial charge in [-0.2, -0.15) is 11.8 Å². The number of rotatable bonds is 5. The number of benzene rings is 1. The summed E-state index contributed by atoms with van der Waals surface area (Å²) in [5, 5.41) is 0. The van der Waals surface area contributed by atoms with Crippen LogP contribution in [0.3, 0.4) is 0 Å². The van der Waals surface area contributed by atoms with Crippen LogP contribution >= 0.6 is 11.8 Å². The second kappa shape index (κ2) is 8.23. The average Bonchev–Trinajstić information content (AvgIpc) is 2.33. The van der Waals surface area contributed by atoms with Gasteiger partial charge in [-0.25, -0.2) is 0 Å². The van der Waals surface area contributed by atoms with Gasteiger partial charge in [-0.1, -0.05) is 30.0 Å². The molecule has 2 nitrogen and oxygen atoms in total. The Morgan fingerprint density at radius 3 is 2.94 bits per heavy atom. The molecule has 86 valence electrons. The number of thioether (sulfide) groups is 1. The quantitative estimate of drug-likeness (QED) is 0.625. The second-order valence-electron chi connectivity index (χ2n) is 3.21. The van der Waals surface area contributed by atoms with E-state index in [0.29, 0.717) is 6.54 Å². The molecule has 0 atom stereocenters. The third-order valence-electron chi connectivity index (χ3n) is 2.03. The van der Waals surface area contributed by atoms with Gasteiger partial charge in [0, 0.05) is 24.2 Å². The van der Waals surface area contributed by atoms with Crippen molar-refractivity contribution < 1.29 is 4.74 Å². The molecule has 0 aromatic heterocycles. The van der Waals surface area contributed by atoms with E-state index in [-0.39, 0.29) is 0 Å². The largest absolute Gasteiger partial charge is 0.384 e. The van der Waals surface area contributed by atoms with Crippen molar-refractivity contribution in [3.8, 4) is 11.8 Å². The minimum Gasteiger partial charge on any atom is -0.384 e. The van der Waals surface area contributed by atoms with E-state index in [2.05, 4.69) is 17.9 Å². The molecule has 0 saturated carbocycles. The van der Waals surface area contributed by atoms with Gasteiger partial charge in [-0.3, -0.25) is 0 Å². The number of nitrogens with two attached hydrogens (primary N) is 1. The molecule has 0 bridgehead atoms. The van der Waals surface area contributed by atoms with Crippen LogP contribution in [0.15, 0.2) is 24.3 Å². The van der Waals surface area contributed by atoms with Gasteiger partial charge in [0.1, 0.15) is 0 Å². The van der Waals surface area contributed by atoms with Crippen molar-refractivity contribution in [1.82, 2.24) is 0 Å². The molecule has 0 unspecified atom stereocenters. The third kappa shape index (κ3) is 4.71. The SMILES string of the molecule is COCCSCc1ccccc1C#CCN. The summed E-state index contributed by atoms with van der Waals surface area (Å²) in [5.74, 6) is 7.96. The van der Waals surface area contributed by atoms with Crippen LogP contribution in [0.5, 0.6) is 0 Å². The molecule has 0 aliphatic carbocycles. The lowest BCUT2D eigenvalue weighted by Crippen LogP contribution is -1.95. The fraction of sp³-hybridized carbons (Fsp3) is 0.385. The molecule has 0 saturated heterocycles. The topological polar surface area (TPSA) is 35.2 Å². The lowest BCUT2D eigenvalue weighted by atomic mass is 10.1. The van der Waals surface area contributed by atoms with E-state index in [1.165, 1.54) is 5.56 Å². The first-order valence-corrected chi connectivity index (χ1v) is 6.37. The maximum absolute atomic E-state index is 5.37. The predicted octanol–water partition coefficient (Wildman–Crippen LogP) is 1.88. The fourth-order valence-corrected chi connectivity index (χ4v) is 2.14. The van der Waals surface area contributed by atoms with Gasteiger partial charge >= 0.3 is 0 Å². The predicted molar refractivity (Wildman–Crippen MR) is 70.4 cm³/mol. The van der Waals surface area contributed by atoms with E-state index in [1.54, 1.807) is 7.11 Å². The van der Waals surface area contributed by atoms with E-state index in [1.807, 2.05) is 30.0 Å². The summed E-state index contributed by atoms with van der Waals surface area (Å²) < 4.78 is 5.01. The Hall–Kier alpha value is -0.950. The van der Waals surface area contributed by atoms with Gasteiger partial charge in [0.25, 0.3) is 0 Å². The number of methoxy groups -OCH3 is 1. The lowest BCUT2D eigenvalue weighted by Gasteiger charge is -2.04. The van der Waals surface area contributed by atoms with Crippen LogP contribution in [0.2, 0.25) is 0 Å². The summed E-state index contributed by atoms with van der Waals surface area (Å²) in [6.45, 7) is 1.20. The van der Waals surface area contributed by atoms with Crippen molar-refractivity contribution in [2.75, 3.05) is 26.0 Å². The van der Waals surface area contributed by atoms with Crippen molar-refractivity contribution >= 4 is 11.8 Å².